The standard InChI is InChI=1S/C17H21Cl/c18-12-16-7-13-6-14(8-16)10-17(9-13,11-16)15-4-2-1-3-5-15/h1-5,13-14H,6-12H2. The van der Waals surface area contributed by atoms with Crippen LogP contribution in [0.15, 0.2) is 30.3 Å². The van der Waals surface area contributed by atoms with Crippen LogP contribution < -0.4 is 0 Å². The van der Waals surface area contributed by atoms with Gasteiger partial charge in [0.1, 0.15) is 0 Å². The van der Waals surface area contributed by atoms with Crippen LogP contribution in [0.4, 0.5) is 0 Å². The van der Waals surface area contributed by atoms with E-state index in [1.165, 1.54) is 38.5 Å². The molecule has 1 heteroatoms. The third-order valence-electron chi connectivity index (χ3n) is 5.85. The lowest BCUT2D eigenvalue weighted by molar-refractivity contribution is -0.0595. The van der Waals surface area contributed by atoms with Gasteiger partial charge in [-0.3, -0.25) is 0 Å². The van der Waals surface area contributed by atoms with Gasteiger partial charge < -0.3 is 0 Å². The van der Waals surface area contributed by atoms with Crippen LogP contribution in [-0.4, -0.2) is 5.88 Å². The fourth-order valence-corrected chi connectivity index (χ4v) is 6.05. The minimum atomic E-state index is 0.472. The van der Waals surface area contributed by atoms with E-state index in [9.17, 15) is 0 Å². The van der Waals surface area contributed by atoms with Crippen molar-refractivity contribution in [2.24, 2.45) is 17.3 Å². The van der Waals surface area contributed by atoms with Crippen molar-refractivity contribution < 1.29 is 0 Å². The Balaban J connectivity index is 1.78. The number of hydrogen-bond donors (Lipinski definition) is 0. The molecular weight excluding hydrogens is 240 g/mol. The summed E-state index contributed by atoms with van der Waals surface area (Å²) in [4.78, 5) is 0. The lowest BCUT2D eigenvalue weighted by Gasteiger charge is -2.62. The van der Waals surface area contributed by atoms with Crippen molar-refractivity contribution in [3.8, 4) is 0 Å². The number of alkyl halides is 1. The Kier molecular flexibility index (Phi) is 2.37. The zero-order valence-corrected chi connectivity index (χ0v) is 11.6. The summed E-state index contributed by atoms with van der Waals surface area (Å²) in [6.45, 7) is 0. The maximum atomic E-state index is 6.37. The molecule has 0 N–H and O–H groups in total. The van der Waals surface area contributed by atoms with Crippen molar-refractivity contribution in [2.75, 3.05) is 5.88 Å². The van der Waals surface area contributed by atoms with E-state index in [1.807, 2.05) is 0 Å². The summed E-state index contributed by atoms with van der Waals surface area (Å²) in [6, 6.07) is 11.3. The Hall–Kier alpha value is -0.490. The molecule has 0 amide bonds. The third kappa shape index (κ3) is 1.51. The maximum absolute atomic E-state index is 6.37. The molecule has 1 aromatic carbocycles. The van der Waals surface area contributed by atoms with Crippen LogP contribution in [-0.2, 0) is 5.41 Å². The van der Waals surface area contributed by atoms with Gasteiger partial charge in [0, 0.05) is 5.88 Å². The molecule has 4 bridgehead atoms. The fourth-order valence-electron chi connectivity index (χ4n) is 5.74. The van der Waals surface area contributed by atoms with Crippen molar-refractivity contribution in [3.05, 3.63) is 35.9 Å². The molecule has 0 aliphatic heterocycles. The van der Waals surface area contributed by atoms with Gasteiger partial charge in [-0.05, 0) is 66.8 Å². The molecule has 18 heavy (non-hydrogen) atoms. The molecule has 4 fully saturated rings. The second-order valence-corrected chi connectivity index (χ2v) is 7.51. The van der Waals surface area contributed by atoms with Crippen LogP contribution in [0, 0.1) is 17.3 Å². The van der Waals surface area contributed by atoms with Gasteiger partial charge in [-0.25, -0.2) is 0 Å². The number of hydrogen-bond acceptors (Lipinski definition) is 0. The van der Waals surface area contributed by atoms with E-state index >= 15 is 0 Å². The molecule has 0 aromatic heterocycles. The van der Waals surface area contributed by atoms with Crippen molar-refractivity contribution in [1.29, 1.82) is 0 Å². The lowest BCUT2D eigenvalue weighted by atomic mass is 9.43. The third-order valence-corrected chi connectivity index (χ3v) is 6.42. The van der Waals surface area contributed by atoms with Gasteiger partial charge >= 0.3 is 0 Å². The zero-order chi connectivity index (χ0) is 12.2. The van der Waals surface area contributed by atoms with Crippen LogP contribution in [0.5, 0.6) is 0 Å². The van der Waals surface area contributed by atoms with Crippen LogP contribution in [0.2, 0.25) is 0 Å². The summed E-state index contributed by atoms with van der Waals surface area (Å²) in [7, 11) is 0. The highest BCUT2D eigenvalue weighted by atomic mass is 35.5. The van der Waals surface area contributed by atoms with Crippen molar-refractivity contribution in [1.82, 2.24) is 0 Å². The van der Waals surface area contributed by atoms with Crippen LogP contribution in [0.3, 0.4) is 0 Å². The molecule has 2 unspecified atom stereocenters. The van der Waals surface area contributed by atoms with E-state index in [4.69, 9.17) is 11.6 Å². The summed E-state index contributed by atoms with van der Waals surface area (Å²) >= 11 is 6.37. The summed E-state index contributed by atoms with van der Waals surface area (Å²) in [5, 5.41) is 0. The minimum Gasteiger partial charge on any atom is -0.126 e. The highest BCUT2D eigenvalue weighted by molar-refractivity contribution is 6.18. The Bertz CT molecular complexity index is 436. The molecule has 1 aromatic rings. The predicted molar refractivity (Wildman–Crippen MR) is 76.0 cm³/mol. The van der Waals surface area contributed by atoms with Crippen molar-refractivity contribution in [2.45, 2.75) is 43.9 Å². The van der Waals surface area contributed by atoms with Gasteiger partial charge in [-0.15, -0.1) is 11.6 Å². The van der Waals surface area contributed by atoms with Crippen LogP contribution >= 0.6 is 11.6 Å². The molecule has 0 saturated heterocycles. The molecular formula is C17H21Cl. The molecule has 2 atom stereocenters. The number of rotatable bonds is 2. The summed E-state index contributed by atoms with van der Waals surface area (Å²) in [6.07, 6.45) is 8.48. The fraction of sp³-hybridized carbons (Fsp3) is 0.647. The average Bonchev–Trinajstić information content (AvgIpc) is 2.38. The van der Waals surface area contributed by atoms with Crippen molar-refractivity contribution >= 4 is 11.6 Å². The van der Waals surface area contributed by atoms with E-state index in [0.717, 1.165) is 17.7 Å². The first kappa shape index (κ1) is 11.3. The topological polar surface area (TPSA) is 0 Å². The normalized spacial score (nSPS) is 45.4. The molecule has 4 saturated carbocycles. The first-order valence-electron chi connectivity index (χ1n) is 7.35. The zero-order valence-electron chi connectivity index (χ0n) is 10.9. The summed E-state index contributed by atoms with van der Waals surface area (Å²) < 4.78 is 0. The molecule has 96 valence electrons. The van der Waals surface area contributed by atoms with Gasteiger partial charge in [0.15, 0.2) is 0 Å². The SMILES string of the molecule is ClCC12CC3CC(C1)CC(c1ccccc1)(C3)C2. The minimum absolute atomic E-state index is 0.472. The average molecular weight is 261 g/mol. The van der Waals surface area contributed by atoms with Gasteiger partial charge in [0.25, 0.3) is 0 Å². The Labute approximate surface area is 115 Å². The highest BCUT2D eigenvalue weighted by Crippen LogP contribution is 2.65. The quantitative estimate of drug-likeness (QED) is 0.673. The number of halogens is 1. The largest absolute Gasteiger partial charge is 0.126 e. The highest BCUT2D eigenvalue weighted by Gasteiger charge is 2.57. The van der Waals surface area contributed by atoms with Crippen molar-refractivity contribution in [3.63, 3.8) is 0 Å². The summed E-state index contributed by atoms with van der Waals surface area (Å²) in [5.41, 5.74) is 2.54. The van der Waals surface area contributed by atoms with E-state index in [0.29, 0.717) is 10.8 Å². The molecule has 0 spiro atoms. The molecule has 4 aliphatic rings. The monoisotopic (exact) mass is 260 g/mol. The first-order chi connectivity index (χ1) is 8.74. The molecule has 0 nitrogen and oxygen atoms in total. The van der Waals surface area contributed by atoms with E-state index in [-0.39, 0.29) is 0 Å². The smallest absolute Gasteiger partial charge is 0.0280 e. The van der Waals surface area contributed by atoms with Gasteiger partial charge in [-0.2, -0.15) is 0 Å². The molecule has 4 aliphatic carbocycles. The molecule has 0 radical (unpaired) electrons. The lowest BCUT2D eigenvalue weighted by Crippen LogP contribution is -2.54. The predicted octanol–water partition coefficient (Wildman–Crippen LogP) is 4.76. The van der Waals surface area contributed by atoms with Gasteiger partial charge in [-0.1, -0.05) is 30.3 Å². The summed E-state index contributed by atoms with van der Waals surface area (Å²) in [5.74, 6) is 2.78. The Morgan fingerprint density at radius 3 is 2.28 bits per heavy atom. The van der Waals surface area contributed by atoms with Gasteiger partial charge in [0.2, 0.25) is 0 Å². The second-order valence-electron chi connectivity index (χ2n) is 7.24. The van der Waals surface area contributed by atoms with E-state index < -0.39 is 0 Å². The van der Waals surface area contributed by atoms with E-state index in [2.05, 4.69) is 30.3 Å². The molecule has 5 rings (SSSR count). The van der Waals surface area contributed by atoms with E-state index in [1.54, 1.807) is 5.56 Å². The first-order valence-corrected chi connectivity index (χ1v) is 7.89. The second kappa shape index (κ2) is 3.76. The van der Waals surface area contributed by atoms with Gasteiger partial charge in [0.05, 0.1) is 0 Å². The Morgan fingerprint density at radius 2 is 1.67 bits per heavy atom. The number of benzene rings is 1. The molecule has 0 heterocycles. The Morgan fingerprint density at radius 1 is 1.00 bits per heavy atom. The van der Waals surface area contributed by atoms with Crippen LogP contribution in [0.1, 0.15) is 44.1 Å². The van der Waals surface area contributed by atoms with Crippen LogP contribution in [0.25, 0.3) is 0 Å². The maximum Gasteiger partial charge on any atom is 0.0280 e.